The zero-order valence-electron chi connectivity index (χ0n) is 11.5. The lowest BCUT2D eigenvalue weighted by atomic mass is 10.6. The normalized spacial score (nSPS) is 17.7. The van der Waals surface area contributed by atoms with Crippen molar-refractivity contribution in [3.63, 3.8) is 0 Å². The van der Waals surface area contributed by atoms with E-state index in [2.05, 4.69) is 20.9 Å². The van der Waals surface area contributed by atoms with Gasteiger partial charge in [-0.3, -0.25) is 10.1 Å². The Labute approximate surface area is 131 Å². The Balaban J connectivity index is 2.15. The van der Waals surface area contributed by atoms with E-state index < -0.39 is 4.92 Å². The van der Waals surface area contributed by atoms with Crippen molar-refractivity contribution in [1.82, 2.24) is 16.0 Å². The van der Waals surface area contributed by atoms with E-state index in [0.717, 1.165) is 23.4 Å². The molecule has 1 unspecified atom stereocenters. The van der Waals surface area contributed by atoms with E-state index in [9.17, 15) is 10.1 Å². The summed E-state index contributed by atoms with van der Waals surface area (Å²) in [6.45, 7) is 0.628. The number of nitro groups is 1. The second-order valence-electron chi connectivity index (χ2n) is 3.89. The average Bonchev–Trinajstić information content (AvgIpc) is 2.83. The first-order valence-corrected chi connectivity index (χ1v) is 8.15. The Morgan fingerprint density at radius 2 is 2.48 bits per heavy atom. The molecule has 7 N–H and O–H groups in total. The number of hydrogen-bond acceptors (Lipinski definition) is 8. The van der Waals surface area contributed by atoms with Crippen molar-refractivity contribution in [2.24, 2.45) is 16.5 Å². The highest BCUT2D eigenvalue weighted by Gasteiger charge is 2.15. The molecule has 1 aliphatic rings. The standard InChI is InChI=1S/C10H19N7O2S2/c1-13-8(4-17(18)19)14-2-3-20-5-7-6-21-10(15-7)16-9(11)12/h4,6,10,13-15H,2-3,5H2,1H3,(H4,11,12,16)/b8-4+. The first-order valence-electron chi connectivity index (χ1n) is 6.05. The van der Waals surface area contributed by atoms with Crippen LogP contribution in [0.4, 0.5) is 0 Å². The third kappa shape index (κ3) is 7.56. The van der Waals surface area contributed by atoms with Gasteiger partial charge < -0.3 is 27.4 Å². The molecule has 21 heavy (non-hydrogen) atoms. The van der Waals surface area contributed by atoms with Crippen molar-refractivity contribution in [2.75, 3.05) is 25.1 Å². The predicted molar refractivity (Wildman–Crippen MR) is 87.9 cm³/mol. The fraction of sp³-hybridized carbons (Fsp3) is 0.500. The molecule has 9 nitrogen and oxygen atoms in total. The smallest absolute Gasteiger partial charge is 0.274 e. The minimum absolute atomic E-state index is 0.0590. The molecule has 1 atom stereocenters. The van der Waals surface area contributed by atoms with Gasteiger partial charge in [-0.2, -0.15) is 11.8 Å². The summed E-state index contributed by atoms with van der Waals surface area (Å²) in [4.78, 5) is 13.8. The van der Waals surface area contributed by atoms with Gasteiger partial charge in [0, 0.05) is 30.8 Å². The molecule has 11 heteroatoms. The first kappa shape index (κ1) is 17.3. The van der Waals surface area contributed by atoms with Crippen LogP contribution in [0.15, 0.2) is 28.1 Å². The molecule has 0 amide bonds. The molecule has 0 saturated carbocycles. The third-order valence-electron chi connectivity index (χ3n) is 2.24. The van der Waals surface area contributed by atoms with Gasteiger partial charge in [-0.15, -0.1) is 0 Å². The van der Waals surface area contributed by atoms with E-state index in [-0.39, 0.29) is 11.5 Å². The van der Waals surface area contributed by atoms with Crippen LogP contribution in [-0.4, -0.2) is 41.5 Å². The van der Waals surface area contributed by atoms with Crippen LogP contribution in [0.2, 0.25) is 0 Å². The minimum Gasteiger partial charge on any atom is -0.370 e. The molecule has 0 saturated heterocycles. The minimum atomic E-state index is -0.500. The van der Waals surface area contributed by atoms with E-state index in [4.69, 9.17) is 11.5 Å². The number of thioether (sulfide) groups is 2. The number of rotatable bonds is 9. The molecule has 0 aromatic carbocycles. The molecule has 0 radical (unpaired) electrons. The van der Waals surface area contributed by atoms with Crippen molar-refractivity contribution in [3.05, 3.63) is 33.2 Å². The van der Waals surface area contributed by atoms with Crippen molar-refractivity contribution in [3.8, 4) is 0 Å². The predicted octanol–water partition coefficient (Wildman–Crippen LogP) is -0.661. The number of nitrogens with two attached hydrogens (primary N) is 2. The van der Waals surface area contributed by atoms with Gasteiger partial charge in [0.25, 0.3) is 6.20 Å². The summed E-state index contributed by atoms with van der Waals surface area (Å²) < 4.78 is 0. The number of hydrogen-bond donors (Lipinski definition) is 5. The maximum absolute atomic E-state index is 10.3. The quantitative estimate of drug-likeness (QED) is 0.122. The van der Waals surface area contributed by atoms with E-state index in [0.29, 0.717) is 12.4 Å². The van der Waals surface area contributed by atoms with Crippen LogP contribution in [0, 0.1) is 10.1 Å². The van der Waals surface area contributed by atoms with Crippen LogP contribution in [-0.2, 0) is 0 Å². The second-order valence-corrected chi connectivity index (χ2v) is 5.95. The first-order chi connectivity index (χ1) is 10.0. The number of nitrogens with zero attached hydrogens (tertiary/aromatic N) is 2. The molecule has 118 valence electrons. The Kier molecular flexibility index (Phi) is 7.61. The molecule has 0 aliphatic carbocycles. The third-order valence-corrected chi connectivity index (χ3v) is 4.15. The van der Waals surface area contributed by atoms with E-state index >= 15 is 0 Å². The Morgan fingerprint density at radius 3 is 3.10 bits per heavy atom. The van der Waals surface area contributed by atoms with Crippen molar-refractivity contribution in [1.29, 1.82) is 0 Å². The summed E-state index contributed by atoms with van der Waals surface area (Å²) in [5.41, 5.74) is 11.5. The van der Waals surface area contributed by atoms with Crippen LogP contribution in [0.5, 0.6) is 0 Å². The molecule has 0 bridgehead atoms. The largest absolute Gasteiger partial charge is 0.370 e. The van der Waals surface area contributed by atoms with Gasteiger partial charge in [-0.25, -0.2) is 4.99 Å². The maximum Gasteiger partial charge on any atom is 0.274 e. The zero-order valence-corrected chi connectivity index (χ0v) is 13.2. The number of aliphatic imine (C=N–C) groups is 1. The molecular weight excluding hydrogens is 314 g/mol. The maximum atomic E-state index is 10.3. The summed E-state index contributed by atoms with van der Waals surface area (Å²) in [7, 11) is 1.63. The van der Waals surface area contributed by atoms with Crippen molar-refractivity contribution < 1.29 is 4.92 Å². The summed E-state index contributed by atoms with van der Waals surface area (Å²) in [5, 5.41) is 21.2. The van der Waals surface area contributed by atoms with Crippen LogP contribution in [0.25, 0.3) is 0 Å². The Bertz CT molecular complexity index is 449. The van der Waals surface area contributed by atoms with Crippen molar-refractivity contribution >= 4 is 29.5 Å². The fourth-order valence-corrected chi connectivity index (χ4v) is 3.12. The second kappa shape index (κ2) is 9.23. The lowest BCUT2D eigenvalue weighted by Gasteiger charge is -2.10. The Hall–Kier alpha value is -1.75. The molecular formula is C10H19N7O2S2. The van der Waals surface area contributed by atoms with Gasteiger partial charge in [-0.05, 0) is 5.41 Å². The van der Waals surface area contributed by atoms with Gasteiger partial charge in [0.15, 0.2) is 17.3 Å². The number of nitrogens with one attached hydrogen (secondary N) is 3. The monoisotopic (exact) mass is 333 g/mol. The molecule has 0 spiro atoms. The molecule has 0 fully saturated rings. The molecule has 1 heterocycles. The summed E-state index contributed by atoms with van der Waals surface area (Å²) in [6.07, 6.45) is 0.905. The van der Waals surface area contributed by atoms with Gasteiger partial charge in [0.2, 0.25) is 0 Å². The zero-order chi connectivity index (χ0) is 15.7. The van der Waals surface area contributed by atoms with Gasteiger partial charge in [0.05, 0.1) is 4.92 Å². The molecule has 0 aromatic heterocycles. The van der Waals surface area contributed by atoms with Crippen LogP contribution >= 0.6 is 23.5 Å². The highest BCUT2D eigenvalue weighted by atomic mass is 32.2. The van der Waals surface area contributed by atoms with E-state index in [1.54, 1.807) is 18.8 Å². The topological polar surface area (TPSA) is 144 Å². The van der Waals surface area contributed by atoms with E-state index in [1.807, 2.05) is 5.41 Å². The molecule has 1 rings (SSSR count). The van der Waals surface area contributed by atoms with Gasteiger partial charge in [0.1, 0.15) is 0 Å². The summed E-state index contributed by atoms with van der Waals surface area (Å²) in [5.74, 6) is 2.07. The van der Waals surface area contributed by atoms with Gasteiger partial charge in [-0.1, -0.05) is 11.8 Å². The number of guanidine groups is 1. The van der Waals surface area contributed by atoms with Crippen LogP contribution < -0.4 is 27.4 Å². The fourth-order valence-electron chi connectivity index (χ4n) is 1.39. The van der Waals surface area contributed by atoms with Crippen LogP contribution in [0.3, 0.4) is 0 Å². The Morgan fingerprint density at radius 1 is 1.71 bits per heavy atom. The highest BCUT2D eigenvalue weighted by molar-refractivity contribution is 8.03. The van der Waals surface area contributed by atoms with Gasteiger partial charge >= 0.3 is 0 Å². The lowest BCUT2D eigenvalue weighted by molar-refractivity contribution is -0.404. The summed E-state index contributed by atoms with van der Waals surface area (Å²) in [6, 6.07) is 0. The van der Waals surface area contributed by atoms with Crippen LogP contribution in [0.1, 0.15) is 0 Å². The van der Waals surface area contributed by atoms with Crippen molar-refractivity contribution in [2.45, 2.75) is 5.50 Å². The highest BCUT2D eigenvalue weighted by Crippen LogP contribution is 2.23. The lowest BCUT2D eigenvalue weighted by Crippen LogP contribution is -2.29. The average molecular weight is 333 g/mol. The van der Waals surface area contributed by atoms with E-state index in [1.165, 1.54) is 11.8 Å². The molecule has 1 aliphatic heterocycles. The summed E-state index contributed by atoms with van der Waals surface area (Å²) >= 11 is 3.21. The molecule has 0 aromatic rings. The SMILES string of the molecule is CN/C(=C\[N+](=O)[O-])NCCSCC1=CSC(N=C(N)N)N1.